The number of carboxylic acids is 1. The van der Waals surface area contributed by atoms with Crippen molar-refractivity contribution < 1.29 is 23.1 Å². The van der Waals surface area contributed by atoms with Gasteiger partial charge in [0, 0.05) is 44.8 Å². The molecular formula is C17H21Cl2F3N6O2. The molecule has 0 aliphatic heterocycles. The number of halogens is 5. The number of alkyl halides is 3. The van der Waals surface area contributed by atoms with Crippen LogP contribution < -0.4 is 15.1 Å². The Morgan fingerprint density at radius 1 is 1.07 bits per heavy atom. The third-order valence-corrected chi connectivity index (χ3v) is 3.94. The number of aromatic nitrogens is 3. The number of rotatable bonds is 6. The van der Waals surface area contributed by atoms with Crippen molar-refractivity contribution in [1.82, 2.24) is 15.0 Å². The van der Waals surface area contributed by atoms with Gasteiger partial charge in [-0.15, -0.1) is 0 Å². The monoisotopic (exact) mass is 468 g/mol. The van der Waals surface area contributed by atoms with Crippen molar-refractivity contribution in [2.45, 2.75) is 12.6 Å². The molecular weight excluding hydrogens is 448 g/mol. The van der Waals surface area contributed by atoms with Gasteiger partial charge in [-0.05, 0) is 30.2 Å². The maximum absolute atomic E-state index is 10.6. The van der Waals surface area contributed by atoms with E-state index in [1.807, 2.05) is 44.1 Å². The number of carboxylic acid groups (broad SMARTS) is 1. The second-order valence-corrected chi connectivity index (χ2v) is 7.11. The Morgan fingerprint density at radius 2 is 1.57 bits per heavy atom. The van der Waals surface area contributed by atoms with Crippen molar-refractivity contribution in [3.8, 4) is 0 Å². The maximum Gasteiger partial charge on any atom is 0.490 e. The minimum atomic E-state index is -5.08. The van der Waals surface area contributed by atoms with E-state index in [9.17, 15) is 13.2 Å². The molecule has 0 aliphatic rings. The van der Waals surface area contributed by atoms with E-state index >= 15 is 0 Å². The van der Waals surface area contributed by atoms with Crippen molar-refractivity contribution in [1.29, 1.82) is 0 Å². The molecule has 0 fully saturated rings. The van der Waals surface area contributed by atoms with Gasteiger partial charge in [0.05, 0.1) is 0 Å². The standard InChI is InChI=1S/C15H20Cl2N6.C2HF3O2/c1-22(2)14-19-13(20-15(21-14)23(3)4)18-8-7-10-9-11(16)5-6-12(10)17;3-2(4,5)1(6)7/h5-6,9H,7-8H2,1-4H3,(H,18,19,20,21);(H,6,7). The van der Waals surface area contributed by atoms with E-state index in [4.69, 9.17) is 33.1 Å². The van der Waals surface area contributed by atoms with Gasteiger partial charge in [-0.2, -0.15) is 28.1 Å². The molecule has 2 aromatic rings. The molecule has 8 nitrogen and oxygen atoms in total. The number of benzene rings is 1. The van der Waals surface area contributed by atoms with Crippen molar-refractivity contribution in [2.24, 2.45) is 0 Å². The molecule has 1 aromatic carbocycles. The minimum absolute atomic E-state index is 0.533. The highest BCUT2D eigenvalue weighted by molar-refractivity contribution is 6.33. The van der Waals surface area contributed by atoms with Crippen molar-refractivity contribution in [2.75, 3.05) is 49.9 Å². The van der Waals surface area contributed by atoms with Gasteiger partial charge in [-0.25, -0.2) is 4.79 Å². The zero-order valence-electron chi connectivity index (χ0n) is 16.6. The second kappa shape index (κ2) is 11.0. The third kappa shape index (κ3) is 8.46. The molecule has 0 radical (unpaired) electrons. The molecule has 30 heavy (non-hydrogen) atoms. The Hall–Kier alpha value is -2.53. The van der Waals surface area contributed by atoms with E-state index in [0.717, 1.165) is 12.0 Å². The molecule has 0 amide bonds. The highest BCUT2D eigenvalue weighted by Gasteiger charge is 2.38. The fourth-order valence-electron chi connectivity index (χ4n) is 1.88. The molecule has 166 valence electrons. The van der Waals surface area contributed by atoms with Crippen LogP contribution in [0.5, 0.6) is 0 Å². The summed E-state index contributed by atoms with van der Waals surface area (Å²) in [5.74, 6) is -1.02. The van der Waals surface area contributed by atoms with Gasteiger partial charge >= 0.3 is 12.1 Å². The summed E-state index contributed by atoms with van der Waals surface area (Å²) in [5, 5.41) is 11.7. The van der Waals surface area contributed by atoms with Gasteiger partial charge < -0.3 is 20.2 Å². The minimum Gasteiger partial charge on any atom is -0.475 e. The number of nitrogens with one attached hydrogen (secondary N) is 1. The molecule has 2 N–H and O–H groups in total. The van der Waals surface area contributed by atoms with Crippen molar-refractivity contribution in [3.63, 3.8) is 0 Å². The van der Waals surface area contributed by atoms with E-state index < -0.39 is 12.1 Å². The van der Waals surface area contributed by atoms with Crippen LogP contribution in [-0.4, -0.2) is 66.9 Å². The molecule has 0 spiro atoms. The van der Waals surface area contributed by atoms with E-state index in [1.165, 1.54) is 0 Å². The lowest BCUT2D eigenvalue weighted by Gasteiger charge is -2.16. The maximum atomic E-state index is 10.6. The molecule has 0 saturated heterocycles. The van der Waals surface area contributed by atoms with Gasteiger partial charge in [0.25, 0.3) is 0 Å². The van der Waals surface area contributed by atoms with Crippen molar-refractivity contribution in [3.05, 3.63) is 33.8 Å². The van der Waals surface area contributed by atoms with Gasteiger partial charge in [-0.3, -0.25) is 0 Å². The highest BCUT2D eigenvalue weighted by atomic mass is 35.5. The Morgan fingerprint density at radius 3 is 2.00 bits per heavy atom. The van der Waals surface area contributed by atoms with E-state index in [-0.39, 0.29) is 0 Å². The lowest BCUT2D eigenvalue weighted by molar-refractivity contribution is -0.192. The quantitative estimate of drug-likeness (QED) is 0.663. The Kier molecular flexibility index (Phi) is 9.37. The average molecular weight is 469 g/mol. The molecule has 0 atom stereocenters. The molecule has 1 heterocycles. The van der Waals surface area contributed by atoms with Gasteiger partial charge in [0.1, 0.15) is 0 Å². The fourth-order valence-corrected chi connectivity index (χ4v) is 2.28. The zero-order chi connectivity index (χ0) is 23.1. The topological polar surface area (TPSA) is 94.5 Å². The molecule has 0 aliphatic carbocycles. The van der Waals surface area contributed by atoms with E-state index in [2.05, 4.69) is 20.3 Å². The Labute approximate surface area is 181 Å². The summed E-state index contributed by atoms with van der Waals surface area (Å²) >= 11 is 12.2. The van der Waals surface area contributed by atoms with Crippen LogP contribution in [0.25, 0.3) is 0 Å². The summed E-state index contributed by atoms with van der Waals surface area (Å²) in [7, 11) is 7.57. The second-order valence-electron chi connectivity index (χ2n) is 6.26. The summed E-state index contributed by atoms with van der Waals surface area (Å²) in [5.41, 5.74) is 0.987. The van der Waals surface area contributed by atoms with Crippen LogP contribution in [0.1, 0.15) is 5.56 Å². The molecule has 0 saturated carbocycles. The van der Waals surface area contributed by atoms with Crippen LogP contribution in [-0.2, 0) is 11.2 Å². The lowest BCUT2D eigenvalue weighted by Crippen LogP contribution is -2.21. The first-order valence-electron chi connectivity index (χ1n) is 8.40. The molecule has 2 rings (SSSR count). The van der Waals surface area contributed by atoms with E-state index in [1.54, 1.807) is 12.1 Å². The first-order chi connectivity index (χ1) is 13.8. The van der Waals surface area contributed by atoms with Gasteiger partial charge in [-0.1, -0.05) is 23.2 Å². The molecule has 0 bridgehead atoms. The Balaban J connectivity index is 0.000000553. The summed E-state index contributed by atoms with van der Waals surface area (Å²) in [6.45, 7) is 0.643. The van der Waals surface area contributed by atoms with E-state index in [0.29, 0.717) is 34.4 Å². The predicted octanol–water partition coefficient (Wildman–Crippen LogP) is 3.60. The predicted molar refractivity (Wildman–Crippen MR) is 111 cm³/mol. The Bertz CT molecular complexity index is 840. The average Bonchev–Trinajstić information content (AvgIpc) is 2.64. The highest BCUT2D eigenvalue weighted by Crippen LogP contribution is 2.21. The number of hydrogen-bond donors (Lipinski definition) is 2. The fraction of sp³-hybridized carbons (Fsp3) is 0.412. The number of aliphatic carboxylic acids is 1. The van der Waals surface area contributed by atoms with Crippen LogP contribution in [0.15, 0.2) is 18.2 Å². The summed E-state index contributed by atoms with van der Waals surface area (Å²) < 4.78 is 31.7. The SMILES string of the molecule is CN(C)c1nc(NCCc2cc(Cl)ccc2Cl)nc(N(C)C)n1.O=C(O)C(F)(F)F. The molecule has 0 unspecified atom stereocenters. The molecule has 13 heteroatoms. The normalized spacial score (nSPS) is 10.7. The van der Waals surface area contributed by atoms with Gasteiger partial charge in [0.2, 0.25) is 17.8 Å². The summed E-state index contributed by atoms with van der Waals surface area (Å²) in [6, 6.07) is 5.45. The van der Waals surface area contributed by atoms with Crippen molar-refractivity contribution >= 4 is 47.0 Å². The number of nitrogens with zero attached hydrogens (tertiary/aromatic N) is 5. The number of anilines is 3. The largest absolute Gasteiger partial charge is 0.490 e. The zero-order valence-corrected chi connectivity index (χ0v) is 18.1. The smallest absolute Gasteiger partial charge is 0.475 e. The molecule has 1 aromatic heterocycles. The first-order valence-corrected chi connectivity index (χ1v) is 9.15. The van der Waals surface area contributed by atoms with Crippen LogP contribution in [0.3, 0.4) is 0 Å². The number of hydrogen-bond acceptors (Lipinski definition) is 7. The lowest BCUT2D eigenvalue weighted by atomic mass is 10.1. The first kappa shape index (κ1) is 25.5. The summed E-state index contributed by atoms with van der Waals surface area (Å²) in [4.78, 5) is 25.7. The summed E-state index contributed by atoms with van der Waals surface area (Å²) in [6.07, 6.45) is -4.36. The van der Waals surface area contributed by atoms with Crippen LogP contribution in [0, 0.1) is 0 Å². The third-order valence-electron chi connectivity index (χ3n) is 3.34. The van der Waals surface area contributed by atoms with Gasteiger partial charge in [0.15, 0.2) is 0 Å². The number of carbonyl (C=O) groups is 1. The van der Waals surface area contributed by atoms with Crippen LogP contribution in [0.2, 0.25) is 10.0 Å². The van der Waals surface area contributed by atoms with Crippen LogP contribution >= 0.6 is 23.2 Å². The van der Waals surface area contributed by atoms with Crippen LogP contribution in [0.4, 0.5) is 31.0 Å².